The summed E-state index contributed by atoms with van der Waals surface area (Å²) in [6.45, 7) is 5.71. The van der Waals surface area contributed by atoms with Crippen LogP contribution in [-0.4, -0.2) is 66.9 Å². The number of carboxylic acid groups (broad SMARTS) is 1. The zero-order valence-electron chi connectivity index (χ0n) is 18.8. The molecule has 0 aliphatic carbocycles. The molecule has 0 saturated carbocycles. The molecule has 10 heteroatoms. The number of ketones is 1. The number of hydrogen-bond donors (Lipinski definition) is 2. The highest BCUT2D eigenvalue weighted by atomic mass is 16.5. The second-order valence-corrected chi connectivity index (χ2v) is 8.55. The molecule has 2 N–H and O–H groups in total. The molecule has 34 heavy (non-hydrogen) atoms. The molecule has 4 aromatic rings. The van der Waals surface area contributed by atoms with Crippen LogP contribution in [0.2, 0.25) is 0 Å². The largest absolute Gasteiger partial charge is 0.481 e. The first-order chi connectivity index (χ1) is 16.4. The average molecular weight is 460 g/mol. The molecule has 0 bridgehead atoms. The van der Waals surface area contributed by atoms with Crippen molar-refractivity contribution in [3.8, 4) is 5.82 Å². The van der Waals surface area contributed by atoms with Crippen LogP contribution in [0.5, 0.6) is 0 Å². The molecule has 5 rings (SSSR count). The third-order valence-electron chi connectivity index (χ3n) is 5.77. The summed E-state index contributed by atoms with van der Waals surface area (Å²) in [7, 11) is 0. The van der Waals surface area contributed by atoms with Crippen molar-refractivity contribution < 1.29 is 19.4 Å². The Hall–Kier alpha value is -4.05. The fourth-order valence-corrected chi connectivity index (χ4v) is 4.34. The molecule has 1 fully saturated rings. The van der Waals surface area contributed by atoms with Gasteiger partial charge in [-0.05, 0) is 43.7 Å². The van der Waals surface area contributed by atoms with Crippen molar-refractivity contribution in [2.75, 3.05) is 18.0 Å². The van der Waals surface area contributed by atoms with Gasteiger partial charge in [0.2, 0.25) is 5.78 Å². The Balaban J connectivity index is 1.41. The summed E-state index contributed by atoms with van der Waals surface area (Å²) in [5.74, 6) is -0.848. The molecule has 174 valence electrons. The van der Waals surface area contributed by atoms with Crippen molar-refractivity contribution in [3.05, 3.63) is 66.0 Å². The van der Waals surface area contributed by atoms with E-state index in [1.54, 1.807) is 23.0 Å². The Morgan fingerprint density at radius 2 is 1.97 bits per heavy atom. The number of aromatic nitrogens is 5. The van der Waals surface area contributed by atoms with Crippen LogP contribution in [0, 0.1) is 0 Å². The van der Waals surface area contributed by atoms with Crippen molar-refractivity contribution in [1.29, 1.82) is 0 Å². The van der Waals surface area contributed by atoms with Crippen molar-refractivity contribution in [2.45, 2.75) is 32.5 Å². The molecule has 0 spiro atoms. The highest BCUT2D eigenvalue weighted by molar-refractivity contribution is 6.14. The predicted molar refractivity (Wildman–Crippen MR) is 124 cm³/mol. The number of H-pyrrole nitrogens is 1. The summed E-state index contributed by atoms with van der Waals surface area (Å²) >= 11 is 0. The number of nitrogens with zero attached hydrogens (tertiary/aromatic N) is 5. The summed E-state index contributed by atoms with van der Waals surface area (Å²) in [4.78, 5) is 35.0. The lowest BCUT2D eigenvalue weighted by atomic mass is 10.1. The van der Waals surface area contributed by atoms with Crippen LogP contribution in [0.15, 0.2) is 49.1 Å². The first-order valence-electron chi connectivity index (χ1n) is 11.0. The number of morpholine rings is 1. The second kappa shape index (κ2) is 8.71. The number of hydrogen-bond acceptors (Lipinski definition) is 7. The molecule has 0 amide bonds. The van der Waals surface area contributed by atoms with E-state index in [0.717, 1.165) is 24.3 Å². The maximum atomic E-state index is 13.2. The molecule has 2 atom stereocenters. The number of carbonyl (C=O) groups is 2. The van der Waals surface area contributed by atoms with Gasteiger partial charge < -0.3 is 19.3 Å². The third-order valence-corrected chi connectivity index (χ3v) is 5.77. The van der Waals surface area contributed by atoms with Gasteiger partial charge in [-0.2, -0.15) is 5.10 Å². The van der Waals surface area contributed by atoms with E-state index in [2.05, 4.69) is 38.9 Å². The Bertz CT molecular complexity index is 1370. The standard InChI is InChI=1S/C24H24N6O4/c1-14-11-30(12-15(2)34-14)17-3-4-18-19(8-17)27-28-23(18)24(33)20-9-25-10-21(26-20)29-6-5-16(13-29)7-22(31)32/h3-6,8-10,13-15H,7,11-12H2,1-2H3,(H,27,28)(H,31,32). The number of nitrogens with one attached hydrogen (secondary N) is 1. The Morgan fingerprint density at radius 3 is 2.74 bits per heavy atom. The normalized spacial score (nSPS) is 18.4. The van der Waals surface area contributed by atoms with Gasteiger partial charge in [-0.25, -0.2) is 4.98 Å². The summed E-state index contributed by atoms with van der Waals surface area (Å²) in [5, 5.41) is 16.9. The quantitative estimate of drug-likeness (QED) is 0.421. The SMILES string of the molecule is CC1CN(c2ccc3c(C(=O)c4cncc(-n5ccc(CC(=O)O)c5)n4)n[nH]c3c2)CC(C)O1. The van der Waals surface area contributed by atoms with Crippen LogP contribution in [0.4, 0.5) is 5.69 Å². The number of benzene rings is 1. The van der Waals surface area contributed by atoms with Crippen LogP contribution < -0.4 is 4.90 Å². The number of carboxylic acids is 1. The Kier molecular flexibility index (Phi) is 5.58. The number of fused-ring (bicyclic) bond motifs is 1. The van der Waals surface area contributed by atoms with E-state index in [1.807, 2.05) is 18.2 Å². The predicted octanol–water partition coefficient (Wildman–Crippen LogP) is 2.62. The van der Waals surface area contributed by atoms with Crippen molar-refractivity contribution in [3.63, 3.8) is 0 Å². The number of rotatable bonds is 6. The number of anilines is 1. The summed E-state index contributed by atoms with van der Waals surface area (Å²) in [5.41, 5.74) is 2.86. The van der Waals surface area contributed by atoms with Crippen molar-refractivity contribution in [2.24, 2.45) is 0 Å². The molecule has 1 saturated heterocycles. The molecule has 1 aliphatic heterocycles. The van der Waals surface area contributed by atoms with E-state index in [4.69, 9.17) is 9.84 Å². The monoisotopic (exact) mass is 460 g/mol. The molecule has 0 radical (unpaired) electrons. The lowest BCUT2D eigenvalue weighted by molar-refractivity contribution is -0.136. The number of ether oxygens (including phenoxy) is 1. The average Bonchev–Trinajstić information content (AvgIpc) is 3.44. The molecule has 1 aromatic carbocycles. The van der Waals surface area contributed by atoms with Gasteiger partial charge in [0.25, 0.3) is 0 Å². The lowest BCUT2D eigenvalue weighted by Gasteiger charge is -2.36. The second-order valence-electron chi connectivity index (χ2n) is 8.55. The fraction of sp³-hybridized carbons (Fsp3) is 0.292. The van der Waals surface area contributed by atoms with E-state index in [9.17, 15) is 9.59 Å². The van der Waals surface area contributed by atoms with Crippen LogP contribution in [0.25, 0.3) is 16.7 Å². The van der Waals surface area contributed by atoms with E-state index in [-0.39, 0.29) is 35.8 Å². The highest BCUT2D eigenvalue weighted by Crippen LogP contribution is 2.26. The van der Waals surface area contributed by atoms with Gasteiger partial charge in [0.15, 0.2) is 5.82 Å². The molecule has 1 aliphatic rings. The van der Waals surface area contributed by atoms with E-state index in [0.29, 0.717) is 16.8 Å². The smallest absolute Gasteiger partial charge is 0.307 e. The molecule has 10 nitrogen and oxygen atoms in total. The number of aliphatic carboxylic acids is 1. The topological polar surface area (TPSA) is 126 Å². The van der Waals surface area contributed by atoms with E-state index in [1.165, 1.54) is 12.4 Å². The number of carbonyl (C=O) groups excluding carboxylic acids is 1. The minimum absolute atomic E-state index is 0.0947. The molecule has 2 unspecified atom stereocenters. The summed E-state index contributed by atoms with van der Waals surface area (Å²) in [6, 6.07) is 7.58. The minimum atomic E-state index is -0.918. The van der Waals surface area contributed by atoms with Crippen LogP contribution in [0.3, 0.4) is 0 Å². The Morgan fingerprint density at radius 1 is 1.18 bits per heavy atom. The fourth-order valence-electron chi connectivity index (χ4n) is 4.34. The lowest BCUT2D eigenvalue weighted by Crippen LogP contribution is -2.45. The number of aromatic amines is 1. The van der Waals surface area contributed by atoms with Gasteiger partial charge in [0.05, 0.1) is 36.5 Å². The Labute approximate surface area is 195 Å². The zero-order valence-corrected chi connectivity index (χ0v) is 18.8. The van der Waals surface area contributed by atoms with Crippen LogP contribution in [0.1, 0.15) is 35.6 Å². The van der Waals surface area contributed by atoms with Crippen LogP contribution in [-0.2, 0) is 16.0 Å². The summed E-state index contributed by atoms with van der Waals surface area (Å²) < 4.78 is 7.46. The highest BCUT2D eigenvalue weighted by Gasteiger charge is 2.24. The minimum Gasteiger partial charge on any atom is -0.481 e. The summed E-state index contributed by atoms with van der Waals surface area (Å²) in [6.07, 6.45) is 6.46. The van der Waals surface area contributed by atoms with Crippen molar-refractivity contribution >= 4 is 28.3 Å². The van der Waals surface area contributed by atoms with Gasteiger partial charge in [0, 0.05) is 36.6 Å². The molecular formula is C24H24N6O4. The van der Waals surface area contributed by atoms with Gasteiger partial charge in [-0.1, -0.05) is 0 Å². The van der Waals surface area contributed by atoms with E-state index < -0.39 is 5.97 Å². The van der Waals surface area contributed by atoms with Crippen LogP contribution >= 0.6 is 0 Å². The first-order valence-corrected chi connectivity index (χ1v) is 11.0. The van der Waals surface area contributed by atoms with Crippen molar-refractivity contribution in [1.82, 2.24) is 24.7 Å². The van der Waals surface area contributed by atoms with E-state index >= 15 is 0 Å². The maximum absolute atomic E-state index is 13.2. The zero-order chi connectivity index (χ0) is 23.8. The molecular weight excluding hydrogens is 436 g/mol. The third kappa shape index (κ3) is 4.27. The van der Waals surface area contributed by atoms with Gasteiger partial charge in [-0.15, -0.1) is 0 Å². The van der Waals surface area contributed by atoms with Gasteiger partial charge >= 0.3 is 5.97 Å². The maximum Gasteiger partial charge on any atom is 0.307 e. The first kappa shape index (κ1) is 21.8. The molecule has 4 heterocycles. The van der Waals surface area contributed by atoms with Gasteiger partial charge in [0.1, 0.15) is 11.4 Å². The molecule has 3 aromatic heterocycles. The van der Waals surface area contributed by atoms with Gasteiger partial charge in [-0.3, -0.25) is 19.7 Å².